The van der Waals surface area contributed by atoms with Crippen LogP contribution < -0.4 is 0 Å². The Kier molecular flexibility index (Phi) is 5.75. The molecule has 19 heavy (non-hydrogen) atoms. The Labute approximate surface area is 117 Å². The SMILES string of the molecule is CC.Cc1cc(-c2cccnc2C)cc(C(C)C)c1. The molecule has 0 aliphatic carbocycles. The summed E-state index contributed by atoms with van der Waals surface area (Å²) in [4.78, 5) is 4.36. The van der Waals surface area contributed by atoms with Crippen molar-refractivity contribution in [2.24, 2.45) is 0 Å². The maximum Gasteiger partial charge on any atom is 0.0450 e. The van der Waals surface area contributed by atoms with Gasteiger partial charge in [-0.15, -0.1) is 0 Å². The van der Waals surface area contributed by atoms with E-state index in [1.807, 2.05) is 26.1 Å². The van der Waals surface area contributed by atoms with E-state index in [1.165, 1.54) is 22.3 Å². The molecule has 0 radical (unpaired) electrons. The fourth-order valence-electron chi connectivity index (χ4n) is 2.09. The number of aromatic nitrogens is 1. The zero-order valence-corrected chi connectivity index (χ0v) is 13.0. The normalized spacial score (nSPS) is 10.1. The molecular weight excluding hydrogens is 230 g/mol. The standard InChI is InChI=1S/C16H19N.C2H6/c1-11(2)14-8-12(3)9-15(10-14)16-6-5-7-17-13(16)4;1-2/h5-11H,1-4H3;1-2H3. The van der Waals surface area contributed by atoms with Gasteiger partial charge in [-0.1, -0.05) is 57.5 Å². The van der Waals surface area contributed by atoms with Crippen molar-refractivity contribution in [2.45, 2.75) is 47.5 Å². The molecule has 0 saturated heterocycles. The van der Waals surface area contributed by atoms with E-state index in [2.05, 4.69) is 56.9 Å². The van der Waals surface area contributed by atoms with Crippen LogP contribution in [-0.4, -0.2) is 4.98 Å². The summed E-state index contributed by atoms with van der Waals surface area (Å²) in [5.41, 5.74) is 6.31. The number of pyridine rings is 1. The number of nitrogens with zero attached hydrogens (tertiary/aromatic N) is 1. The predicted molar refractivity (Wildman–Crippen MR) is 84.6 cm³/mol. The predicted octanol–water partition coefficient (Wildman–Crippen LogP) is 5.52. The first kappa shape index (κ1) is 15.4. The average molecular weight is 255 g/mol. The molecule has 0 spiro atoms. The number of aryl methyl sites for hydroxylation is 2. The van der Waals surface area contributed by atoms with E-state index in [0.29, 0.717) is 5.92 Å². The Morgan fingerprint density at radius 3 is 2.26 bits per heavy atom. The largest absolute Gasteiger partial charge is 0.261 e. The van der Waals surface area contributed by atoms with Gasteiger partial charge >= 0.3 is 0 Å². The molecule has 0 atom stereocenters. The lowest BCUT2D eigenvalue weighted by molar-refractivity contribution is 0.865. The van der Waals surface area contributed by atoms with Gasteiger partial charge < -0.3 is 0 Å². The van der Waals surface area contributed by atoms with Gasteiger partial charge in [-0.25, -0.2) is 0 Å². The summed E-state index contributed by atoms with van der Waals surface area (Å²) in [6.07, 6.45) is 1.85. The average Bonchev–Trinajstić information content (AvgIpc) is 2.40. The van der Waals surface area contributed by atoms with E-state index in [-0.39, 0.29) is 0 Å². The van der Waals surface area contributed by atoms with Crippen LogP contribution in [0, 0.1) is 13.8 Å². The van der Waals surface area contributed by atoms with Crippen molar-refractivity contribution in [3.63, 3.8) is 0 Å². The summed E-state index contributed by atoms with van der Waals surface area (Å²) in [5.74, 6) is 0.561. The van der Waals surface area contributed by atoms with E-state index < -0.39 is 0 Å². The fraction of sp³-hybridized carbons (Fsp3) is 0.389. The molecule has 102 valence electrons. The minimum Gasteiger partial charge on any atom is -0.261 e. The molecule has 0 aliphatic rings. The second-order valence-electron chi connectivity index (χ2n) is 4.92. The van der Waals surface area contributed by atoms with Crippen LogP contribution in [0.1, 0.15) is 50.4 Å². The molecule has 2 aromatic rings. The molecule has 1 nitrogen and oxygen atoms in total. The second kappa shape index (κ2) is 7.08. The van der Waals surface area contributed by atoms with E-state index in [1.54, 1.807) is 0 Å². The highest BCUT2D eigenvalue weighted by Crippen LogP contribution is 2.27. The van der Waals surface area contributed by atoms with Gasteiger partial charge in [-0.3, -0.25) is 4.98 Å². The highest BCUT2D eigenvalue weighted by molar-refractivity contribution is 5.67. The van der Waals surface area contributed by atoms with Crippen molar-refractivity contribution in [2.75, 3.05) is 0 Å². The lowest BCUT2D eigenvalue weighted by atomic mass is 9.94. The van der Waals surface area contributed by atoms with Crippen LogP contribution >= 0.6 is 0 Å². The monoisotopic (exact) mass is 255 g/mol. The Morgan fingerprint density at radius 2 is 1.68 bits per heavy atom. The molecule has 0 amide bonds. The van der Waals surface area contributed by atoms with Crippen molar-refractivity contribution < 1.29 is 0 Å². The quantitative estimate of drug-likeness (QED) is 0.689. The van der Waals surface area contributed by atoms with Gasteiger partial charge in [-0.2, -0.15) is 0 Å². The van der Waals surface area contributed by atoms with E-state index in [4.69, 9.17) is 0 Å². The lowest BCUT2D eigenvalue weighted by Gasteiger charge is -2.11. The maximum atomic E-state index is 4.36. The number of rotatable bonds is 2. The van der Waals surface area contributed by atoms with Gasteiger partial charge in [0, 0.05) is 17.5 Å². The van der Waals surface area contributed by atoms with Gasteiger partial charge in [0.05, 0.1) is 0 Å². The van der Waals surface area contributed by atoms with Crippen LogP contribution in [0.25, 0.3) is 11.1 Å². The molecule has 1 aromatic carbocycles. The first-order valence-corrected chi connectivity index (χ1v) is 7.11. The molecule has 2 rings (SSSR count). The van der Waals surface area contributed by atoms with Crippen LogP contribution in [0.5, 0.6) is 0 Å². The second-order valence-corrected chi connectivity index (χ2v) is 4.92. The van der Waals surface area contributed by atoms with Crippen molar-refractivity contribution in [3.8, 4) is 11.1 Å². The summed E-state index contributed by atoms with van der Waals surface area (Å²) in [6.45, 7) is 12.7. The molecule has 1 heteroatoms. The van der Waals surface area contributed by atoms with Gasteiger partial charge in [0.25, 0.3) is 0 Å². The minimum absolute atomic E-state index is 0.561. The highest BCUT2D eigenvalue weighted by Gasteiger charge is 2.06. The van der Waals surface area contributed by atoms with E-state index in [0.717, 1.165) is 5.69 Å². The van der Waals surface area contributed by atoms with Crippen LogP contribution in [0.2, 0.25) is 0 Å². The Balaban J connectivity index is 0.000000861. The van der Waals surface area contributed by atoms with E-state index >= 15 is 0 Å². The first-order chi connectivity index (χ1) is 9.08. The smallest absolute Gasteiger partial charge is 0.0450 e. The third kappa shape index (κ3) is 3.92. The molecule has 0 unspecified atom stereocenters. The van der Waals surface area contributed by atoms with Gasteiger partial charge in [0.1, 0.15) is 0 Å². The third-order valence-electron chi connectivity index (χ3n) is 3.08. The van der Waals surface area contributed by atoms with Crippen LogP contribution in [0.15, 0.2) is 36.5 Å². The van der Waals surface area contributed by atoms with Gasteiger partial charge in [0.2, 0.25) is 0 Å². The molecule has 0 fully saturated rings. The van der Waals surface area contributed by atoms with Crippen LogP contribution in [-0.2, 0) is 0 Å². The van der Waals surface area contributed by atoms with Crippen molar-refractivity contribution >= 4 is 0 Å². The summed E-state index contributed by atoms with van der Waals surface area (Å²) in [5, 5.41) is 0. The van der Waals surface area contributed by atoms with Gasteiger partial charge in [-0.05, 0) is 37.0 Å². The first-order valence-electron chi connectivity index (χ1n) is 7.11. The van der Waals surface area contributed by atoms with Crippen molar-refractivity contribution in [1.29, 1.82) is 0 Å². The molecule has 0 saturated carbocycles. The molecule has 1 heterocycles. The zero-order valence-electron chi connectivity index (χ0n) is 13.0. The summed E-state index contributed by atoms with van der Waals surface area (Å²) >= 11 is 0. The minimum atomic E-state index is 0.561. The Morgan fingerprint density at radius 1 is 1.00 bits per heavy atom. The highest BCUT2D eigenvalue weighted by atomic mass is 14.7. The maximum absolute atomic E-state index is 4.36. The fourth-order valence-corrected chi connectivity index (χ4v) is 2.09. The third-order valence-corrected chi connectivity index (χ3v) is 3.08. The summed E-state index contributed by atoms with van der Waals surface area (Å²) in [7, 11) is 0. The Bertz CT molecular complexity index is 527. The number of hydrogen-bond acceptors (Lipinski definition) is 1. The molecule has 0 N–H and O–H groups in total. The molecular formula is C18H25N. The van der Waals surface area contributed by atoms with Crippen molar-refractivity contribution in [3.05, 3.63) is 53.3 Å². The molecule has 0 bridgehead atoms. The van der Waals surface area contributed by atoms with Crippen molar-refractivity contribution in [1.82, 2.24) is 4.98 Å². The number of hydrogen-bond donors (Lipinski definition) is 0. The van der Waals surface area contributed by atoms with Crippen LogP contribution in [0.3, 0.4) is 0 Å². The Hall–Kier alpha value is -1.63. The lowest BCUT2D eigenvalue weighted by Crippen LogP contribution is -1.92. The topological polar surface area (TPSA) is 12.9 Å². The summed E-state index contributed by atoms with van der Waals surface area (Å²) < 4.78 is 0. The summed E-state index contributed by atoms with van der Waals surface area (Å²) in [6, 6.07) is 10.9. The number of benzene rings is 1. The molecule has 1 aromatic heterocycles. The van der Waals surface area contributed by atoms with Gasteiger partial charge in [0.15, 0.2) is 0 Å². The zero-order chi connectivity index (χ0) is 14.4. The van der Waals surface area contributed by atoms with E-state index in [9.17, 15) is 0 Å². The van der Waals surface area contributed by atoms with Crippen LogP contribution in [0.4, 0.5) is 0 Å². The molecule has 0 aliphatic heterocycles.